The summed E-state index contributed by atoms with van der Waals surface area (Å²) in [5.74, 6) is 0. The summed E-state index contributed by atoms with van der Waals surface area (Å²) in [6.45, 7) is 32.8. The molecule has 0 unspecified atom stereocenters. The molecule has 348 valence electrons. The van der Waals surface area contributed by atoms with Gasteiger partial charge in [-0.25, -0.2) is 0 Å². The number of hydrogen-bond donors (Lipinski definition) is 0. The highest BCUT2D eigenvalue weighted by molar-refractivity contribution is 7.00. The monoisotopic (exact) mass is 912 g/mol. The minimum absolute atomic E-state index is 0.0122. The molecule has 3 heterocycles. The molecular formula is C66H66BN3. The summed E-state index contributed by atoms with van der Waals surface area (Å²) in [6, 6.07) is 56.9. The van der Waals surface area contributed by atoms with Crippen molar-refractivity contribution in [2.45, 2.75) is 119 Å². The normalized spacial score (nSPS) is 14.7. The summed E-state index contributed by atoms with van der Waals surface area (Å²) in [5.41, 5.74) is 28.2. The van der Waals surface area contributed by atoms with Crippen LogP contribution >= 0.6 is 0 Å². The standard InChI is InChI=1S/C66H66BN3/c1-39-31-58-61-59(32-39)70(62-40(2)33-44(34-41(62)3)65(10,11)12)56-36-43(64(7,8)9)27-29-51(56)67(61)52-37-48-47-35-42(63(4,5)6)28-30-53(47)68(45-21-16-15-17-22-45)55(48)38-57(52)69(58)54-26-20-25-50-60(54)46-23-18-19-24-49(46)66(50,13)14/h15-38H,1-14H3. The lowest BCUT2D eigenvalue weighted by molar-refractivity contribution is 0.589. The molecule has 0 amide bonds. The molecule has 1 aromatic heterocycles. The molecule has 0 N–H and O–H groups in total. The van der Waals surface area contributed by atoms with Gasteiger partial charge in [0, 0.05) is 50.2 Å². The highest BCUT2D eigenvalue weighted by atomic mass is 15.2. The molecule has 0 spiro atoms. The quantitative estimate of drug-likeness (QED) is 0.164. The molecule has 12 rings (SSSR count). The van der Waals surface area contributed by atoms with Crippen LogP contribution in [-0.4, -0.2) is 11.3 Å². The first-order valence-electron chi connectivity index (χ1n) is 25.6. The Kier molecular flexibility index (Phi) is 9.44. The fourth-order valence-electron chi connectivity index (χ4n) is 12.6. The van der Waals surface area contributed by atoms with Gasteiger partial charge >= 0.3 is 0 Å². The van der Waals surface area contributed by atoms with Gasteiger partial charge in [0.25, 0.3) is 6.71 Å². The number of benzene rings is 8. The lowest BCUT2D eigenvalue weighted by atomic mass is 9.33. The Morgan fingerprint density at radius 2 is 1.03 bits per heavy atom. The second-order valence-corrected chi connectivity index (χ2v) is 24.5. The minimum atomic E-state index is -0.154. The number of fused-ring (bicyclic) bond motifs is 10. The Hall–Kier alpha value is -6.78. The molecule has 1 aliphatic carbocycles. The van der Waals surface area contributed by atoms with Crippen LogP contribution in [0.4, 0.5) is 34.1 Å². The molecule has 0 atom stereocenters. The van der Waals surface area contributed by atoms with Crippen molar-refractivity contribution < 1.29 is 0 Å². The van der Waals surface area contributed by atoms with Gasteiger partial charge in [-0.3, -0.25) is 0 Å². The predicted molar refractivity (Wildman–Crippen MR) is 303 cm³/mol. The molecule has 3 aliphatic rings. The molecule has 0 fully saturated rings. The van der Waals surface area contributed by atoms with Gasteiger partial charge in [0.05, 0.1) is 22.4 Å². The SMILES string of the molecule is Cc1cc2c3c(c1)N(c1c(C)cc(C(C)(C)C)cc1C)c1cc(C(C)(C)C)ccc1B3c1cc3c4cc(C(C)(C)C)ccc4n(-c4ccccc4)c3cc1N2c1cccc2c1-c1ccccc1C2(C)C. The average Bonchev–Trinajstić information content (AvgIpc) is 3.75. The zero-order valence-electron chi connectivity index (χ0n) is 43.8. The number of nitrogens with zero attached hydrogens (tertiary/aromatic N) is 3. The summed E-state index contributed by atoms with van der Waals surface area (Å²) in [6.07, 6.45) is 0. The van der Waals surface area contributed by atoms with Gasteiger partial charge in [-0.1, -0.05) is 167 Å². The van der Waals surface area contributed by atoms with E-state index in [1.165, 1.54) is 134 Å². The van der Waals surface area contributed by atoms with Gasteiger partial charge in [0.15, 0.2) is 0 Å². The number of aromatic nitrogens is 1. The van der Waals surface area contributed by atoms with Crippen molar-refractivity contribution in [1.82, 2.24) is 4.57 Å². The van der Waals surface area contributed by atoms with E-state index in [0.29, 0.717) is 0 Å². The zero-order chi connectivity index (χ0) is 49.1. The fourth-order valence-corrected chi connectivity index (χ4v) is 12.6. The van der Waals surface area contributed by atoms with E-state index in [0.717, 1.165) is 0 Å². The van der Waals surface area contributed by atoms with Crippen molar-refractivity contribution >= 4 is 79.0 Å². The van der Waals surface area contributed by atoms with Gasteiger partial charge in [-0.15, -0.1) is 0 Å². The topological polar surface area (TPSA) is 11.4 Å². The van der Waals surface area contributed by atoms with Crippen molar-refractivity contribution in [2.24, 2.45) is 0 Å². The third-order valence-corrected chi connectivity index (χ3v) is 16.3. The molecule has 0 bridgehead atoms. The van der Waals surface area contributed by atoms with E-state index in [9.17, 15) is 0 Å². The van der Waals surface area contributed by atoms with Crippen LogP contribution in [0.3, 0.4) is 0 Å². The summed E-state index contributed by atoms with van der Waals surface area (Å²) >= 11 is 0. The van der Waals surface area contributed by atoms with Crippen LogP contribution in [-0.2, 0) is 21.7 Å². The highest BCUT2D eigenvalue weighted by Crippen LogP contribution is 2.56. The lowest BCUT2D eigenvalue weighted by Crippen LogP contribution is -2.61. The first-order chi connectivity index (χ1) is 33.1. The number of hydrogen-bond acceptors (Lipinski definition) is 2. The Balaban J connectivity index is 1.25. The van der Waals surface area contributed by atoms with E-state index in [4.69, 9.17) is 0 Å². The van der Waals surface area contributed by atoms with Crippen LogP contribution in [0.2, 0.25) is 0 Å². The second kappa shape index (κ2) is 14.9. The van der Waals surface area contributed by atoms with Crippen molar-refractivity contribution in [3.05, 3.63) is 190 Å². The van der Waals surface area contributed by atoms with Crippen LogP contribution in [0.5, 0.6) is 0 Å². The Morgan fingerprint density at radius 1 is 0.443 bits per heavy atom. The Morgan fingerprint density at radius 3 is 1.71 bits per heavy atom. The molecule has 9 aromatic rings. The molecule has 2 aliphatic heterocycles. The predicted octanol–water partition coefficient (Wildman–Crippen LogP) is 16.0. The fraction of sp³-hybridized carbons (Fsp3) is 0.273. The number of rotatable bonds is 3. The Labute approximate surface area is 416 Å². The summed E-state index contributed by atoms with van der Waals surface area (Å²) in [7, 11) is 0. The van der Waals surface area contributed by atoms with Crippen molar-refractivity contribution in [3.63, 3.8) is 0 Å². The maximum atomic E-state index is 2.68. The first-order valence-corrected chi connectivity index (χ1v) is 25.6. The number of anilines is 6. The molecule has 3 nitrogen and oxygen atoms in total. The van der Waals surface area contributed by atoms with Crippen LogP contribution in [0, 0.1) is 20.8 Å². The molecule has 0 saturated carbocycles. The van der Waals surface area contributed by atoms with E-state index < -0.39 is 0 Å². The smallest absolute Gasteiger partial charge is 0.252 e. The van der Waals surface area contributed by atoms with Gasteiger partial charge in [-0.2, -0.15) is 0 Å². The summed E-state index contributed by atoms with van der Waals surface area (Å²) in [4.78, 5) is 5.34. The van der Waals surface area contributed by atoms with Crippen molar-refractivity contribution in [2.75, 3.05) is 9.80 Å². The van der Waals surface area contributed by atoms with Crippen LogP contribution in [0.1, 0.15) is 121 Å². The van der Waals surface area contributed by atoms with E-state index in [-0.39, 0.29) is 28.4 Å². The molecule has 0 saturated heterocycles. The number of para-hydroxylation sites is 1. The largest absolute Gasteiger partial charge is 0.311 e. The maximum Gasteiger partial charge on any atom is 0.252 e. The molecule has 0 radical (unpaired) electrons. The van der Waals surface area contributed by atoms with E-state index >= 15 is 0 Å². The minimum Gasteiger partial charge on any atom is -0.311 e. The number of aryl methyl sites for hydroxylation is 3. The van der Waals surface area contributed by atoms with E-state index in [1.54, 1.807) is 0 Å². The first kappa shape index (κ1) is 44.4. The van der Waals surface area contributed by atoms with Gasteiger partial charge < -0.3 is 14.4 Å². The molecular weight excluding hydrogens is 846 g/mol. The van der Waals surface area contributed by atoms with Crippen molar-refractivity contribution in [3.8, 4) is 16.8 Å². The third kappa shape index (κ3) is 6.40. The maximum absolute atomic E-state index is 2.68. The van der Waals surface area contributed by atoms with Crippen LogP contribution in [0.15, 0.2) is 146 Å². The second-order valence-electron chi connectivity index (χ2n) is 24.5. The Bertz CT molecular complexity index is 3650. The van der Waals surface area contributed by atoms with Crippen LogP contribution < -0.4 is 26.2 Å². The van der Waals surface area contributed by atoms with Crippen molar-refractivity contribution in [1.29, 1.82) is 0 Å². The zero-order valence-corrected chi connectivity index (χ0v) is 43.8. The summed E-state index contributed by atoms with van der Waals surface area (Å²) in [5, 5.41) is 2.57. The molecule has 8 aromatic carbocycles. The summed E-state index contributed by atoms with van der Waals surface area (Å²) < 4.78 is 2.51. The lowest BCUT2D eigenvalue weighted by Gasteiger charge is -2.46. The van der Waals surface area contributed by atoms with Gasteiger partial charge in [0.1, 0.15) is 0 Å². The molecule has 70 heavy (non-hydrogen) atoms. The van der Waals surface area contributed by atoms with Crippen LogP contribution in [0.25, 0.3) is 38.6 Å². The van der Waals surface area contributed by atoms with Gasteiger partial charge in [-0.05, 0) is 158 Å². The average molecular weight is 912 g/mol. The van der Waals surface area contributed by atoms with E-state index in [2.05, 4.69) is 257 Å². The highest BCUT2D eigenvalue weighted by Gasteiger charge is 2.46. The van der Waals surface area contributed by atoms with Gasteiger partial charge in [0.2, 0.25) is 0 Å². The molecule has 4 heteroatoms. The third-order valence-electron chi connectivity index (χ3n) is 16.3. The van der Waals surface area contributed by atoms with E-state index in [1.807, 2.05) is 0 Å².